The number of hydrogen-bond donors (Lipinski definition) is 3. The summed E-state index contributed by atoms with van der Waals surface area (Å²) in [5.74, 6) is 0.222. The first-order valence-electron chi connectivity index (χ1n) is 5.44. The van der Waals surface area contributed by atoms with Gasteiger partial charge < -0.3 is 25.2 Å². The van der Waals surface area contributed by atoms with Crippen molar-refractivity contribution in [1.82, 2.24) is 10.2 Å². The van der Waals surface area contributed by atoms with E-state index in [0.29, 0.717) is 17.8 Å². The first-order chi connectivity index (χ1) is 8.02. The van der Waals surface area contributed by atoms with Crippen molar-refractivity contribution in [2.24, 2.45) is 0 Å². The van der Waals surface area contributed by atoms with E-state index in [1.807, 2.05) is 0 Å². The van der Waals surface area contributed by atoms with Crippen molar-refractivity contribution in [3.8, 4) is 0 Å². The van der Waals surface area contributed by atoms with Crippen LogP contribution in [-0.2, 0) is 9.53 Å². The van der Waals surface area contributed by atoms with Crippen molar-refractivity contribution in [3.63, 3.8) is 0 Å². The number of amides is 1. The van der Waals surface area contributed by atoms with Gasteiger partial charge in [0.1, 0.15) is 18.2 Å². The van der Waals surface area contributed by atoms with Gasteiger partial charge in [-0.1, -0.05) is 6.58 Å². The number of rotatable bonds is 2. The second-order valence-corrected chi connectivity index (χ2v) is 4.24. The minimum absolute atomic E-state index is 0.191. The zero-order valence-corrected chi connectivity index (χ0v) is 9.59. The Morgan fingerprint density at radius 2 is 2.41 bits per heavy atom. The molecule has 0 aliphatic carbocycles. The molecule has 0 saturated carbocycles. The van der Waals surface area contributed by atoms with Gasteiger partial charge in [-0.25, -0.2) is 0 Å². The van der Waals surface area contributed by atoms with Crippen LogP contribution in [0.2, 0.25) is 0 Å². The Morgan fingerprint density at radius 1 is 1.71 bits per heavy atom. The zero-order valence-electron chi connectivity index (χ0n) is 9.59. The summed E-state index contributed by atoms with van der Waals surface area (Å²) in [7, 11) is 0. The fourth-order valence-electron chi connectivity index (χ4n) is 1.95. The van der Waals surface area contributed by atoms with Gasteiger partial charge in [0, 0.05) is 18.2 Å². The summed E-state index contributed by atoms with van der Waals surface area (Å²) < 4.78 is 5.49. The summed E-state index contributed by atoms with van der Waals surface area (Å²) in [5, 5.41) is 21.2. The Morgan fingerprint density at radius 3 is 3.00 bits per heavy atom. The molecule has 3 atom stereocenters. The minimum atomic E-state index is -0.705. The van der Waals surface area contributed by atoms with Gasteiger partial charge in [0.25, 0.3) is 5.91 Å². The molecule has 94 valence electrons. The fraction of sp³-hybridized carbons (Fsp3) is 0.545. The van der Waals surface area contributed by atoms with Crippen molar-refractivity contribution >= 4 is 5.91 Å². The first kappa shape index (κ1) is 12.1. The maximum absolute atomic E-state index is 11.4. The normalized spacial score (nSPS) is 33.7. The van der Waals surface area contributed by atoms with E-state index >= 15 is 0 Å². The van der Waals surface area contributed by atoms with Gasteiger partial charge in [-0.2, -0.15) is 0 Å². The van der Waals surface area contributed by atoms with E-state index in [0.717, 1.165) is 0 Å². The standard InChI is InChI=1S/C11H16N2O4/c1-6-4-13(7(2)12-11(6)16)10-3-8(15)9(5-14)17-10/h4,8-10,14-15H,2-3,5H2,1H3,(H,12,16)/t8?,9-,10-/m1/s1/i16+2. The number of nitrogens with one attached hydrogen (secondary N) is 1. The van der Waals surface area contributed by atoms with Gasteiger partial charge in [-0.05, 0) is 6.92 Å². The van der Waals surface area contributed by atoms with Gasteiger partial charge in [-0.3, -0.25) is 4.79 Å². The van der Waals surface area contributed by atoms with Crippen LogP contribution in [0.4, 0.5) is 0 Å². The molecule has 3 N–H and O–H groups in total. The Labute approximate surface area is 99.2 Å². The number of hydrogen-bond acceptors (Lipinski definition) is 5. The average Bonchev–Trinajstić information content (AvgIpc) is 2.65. The lowest BCUT2D eigenvalue weighted by atomic mass is 10.1. The van der Waals surface area contributed by atoms with Crippen molar-refractivity contribution < 1.29 is 19.7 Å². The molecular formula is C11H16N2O4. The van der Waals surface area contributed by atoms with E-state index < -0.39 is 18.4 Å². The second-order valence-electron chi connectivity index (χ2n) is 4.24. The number of aliphatic hydroxyl groups excluding tert-OH is 2. The number of nitrogens with zero attached hydrogens (tertiary/aromatic N) is 1. The average molecular weight is 242 g/mol. The lowest BCUT2D eigenvalue weighted by Crippen LogP contribution is -2.42. The molecule has 1 fully saturated rings. The SMILES string of the molecule is C=C1NC(=[18O])C(C)=CN1[C@H]1CC(O)[C@@H](CO)O1. The van der Waals surface area contributed by atoms with Gasteiger partial charge in [-0.15, -0.1) is 0 Å². The van der Waals surface area contributed by atoms with Crippen LogP contribution in [0.5, 0.6) is 0 Å². The maximum Gasteiger partial charge on any atom is 0.253 e. The van der Waals surface area contributed by atoms with E-state index in [1.165, 1.54) is 0 Å². The molecule has 2 rings (SSSR count). The lowest BCUT2D eigenvalue weighted by Gasteiger charge is -2.32. The van der Waals surface area contributed by atoms with Crippen molar-refractivity contribution in [3.05, 3.63) is 24.2 Å². The summed E-state index contributed by atoms with van der Waals surface area (Å²) in [5.41, 5.74) is 0.544. The summed E-state index contributed by atoms with van der Waals surface area (Å²) in [4.78, 5) is 13.0. The summed E-state index contributed by atoms with van der Waals surface area (Å²) >= 11 is 0. The molecule has 6 heteroatoms. The predicted molar refractivity (Wildman–Crippen MR) is 59.2 cm³/mol. The third-order valence-corrected chi connectivity index (χ3v) is 2.95. The van der Waals surface area contributed by atoms with Crippen LogP contribution in [0.25, 0.3) is 0 Å². The van der Waals surface area contributed by atoms with Crippen LogP contribution in [0.1, 0.15) is 13.3 Å². The Kier molecular flexibility index (Phi) is 3.19. The van der Waals surface area contributed by atoms with E-state index in [-0.39, 0.29) is 12.5 Å². The van der Waals surface area contributed by atoms with E-state index in [1.54, 1.807) is 18.0 Å². The molecular weight excluding hydrogens is 226 g/mol. The van der Waals surface area contributed by atoms with Crippen molar-refractivity contribution in [1.29, 1.82) is 0 Å². The molecule has 2 aliphatic rings. The van der Waals surface area contributed by atoms with E-state index in [9.17, 15) is 9.90 Å². The molecule has 0 bridgehead atoms. The largest absolute Gasteiger partial charge is 0.394 e. The molecule has 6 nitrogen and oxygen atoms in total. The highest BCUT2D eigenvalue weighted by molar-refractivity contribution is 5.94. The quantitative estimate of drug-likeness (QED) is 0.556. The highest BCUT2D eigenvalue weighted by Gasteiger charge is 2.38. The highest BCUT2D eigenvalue weighted by Crippen LogP contribution is 2.27. The van der Waals surface area contributed by atoms with Crippen molar-refractivity contribution in [2.75, 3.05) is 6.61 Å². The highest BCUT2D eigenvalue weighted by atomic mass is 18.1. The molecule has 17 heavy (non-hydrogen) atoms. The molecule has 0 aromatic rings. The topological polar surface area (TPSA) is 82.0 Å². The van der Waals surface area contributed by atoms with Gasteiger partial charge in [0.2, 0.25) is 0 Å². The number of carbonyl (C=O) groups excluding carboxylic acids is 1. The van der Waals surface area contributed by atoms with Crippen LogP contribution in [0.3, 0.4) is 0 Å². The minimum Gasteiger partial charge on any atom is -0.394 e. The molecule has 0 spiro atoms. The van der Waals surface area contributed by atoms with Crippen molar-refractivity contribution in [2.45, 2.75) is 31.8 Å². The van der Waals surface area contributed by atoms with Crippen LogP contribution >= 0.6 is 0 Å². The lowest BCUT2D eigenvalue weighted by molar-refractivity contribution is -0.118. The Bertz CT molecular complexity index is 380. The van der Waals surface area contributed by atoms with E-state index in [2.05, 4.69) is 11.9 Å². The maximum atomic E-state index is 11.4. The third-order valence-electron chi connectivity index (χ3n) is 2.95. The molecule has 2 aliphatic heterocycles. The monoisotopic (exact) mass is 242 g/mol. The summed E-state index contributed by atoms with van der Waals surface area (Å²) in [6.07, 6.45) is 0.302. The zero-order chi connectivity index (χ0) is 12.6. The third kappa shape index (κ3) is 2.19. The molecule has 2 heterocycles. The van der Waals surface area contributed by atoms with Crippen LogP contribution in [-0.4, -0.2) is 46.1 Å². The Balaban J connectivity index is 2.13. The van der Waals surface area contributed by atoms with E-state index in [4.69, 9.17) is 9.84 Å². The molecule has 1 amide bonds. The molecule has 1 unspecified atom stereocenters. The van der Waals surface area contributed by atoms with Crippen LogP contribution in [0.15, 0.2) is 24.2 Å². The smallest absolute Gasteiger partial charge is 0.253 e. The van der Waals surface area contributed by atoms with Crippen LogP contribution in [0, 0.1) is 0 Å². The Hall–Kier alpha value is -1.37. The predicted octanol–water partition coefficient (Wildman–Crippen LogP) is -0.739. The van der Waals surface area contributed by atoms with Crippen LogP contribution < -0.4 is 5.32 Å². The van der Waals surface area contributed by atoms with Gasteiger partial charge in [0.15, 0.2) is 0 Å². The molecule has 0 radical (unpaired) electrons. The second kappa shape index (κ2) is 4.48. The van der Waals surface area contributed by atoms with Gasteiger partial charge in [0.05, 0.1) is 12.7 Å². The number of ether oxygens (including phenoxy) is 1. The molecule has 1 saturated heterocycles. The fourth-order valence-corrected chi connectivity index (χ4v) is 1.95. The summed E-state index contributed by atoms with van der Waals surface area (Å²) in [6, 6.07) is 0. The number of aliphatic hydroxyl groups is 2. The van der Waals surface area contributed by atoms with Gasteiger partial charge >= 0.3 is 0 Å². The number of carbonyl (C=O) groups is 1. The molecule has 0 aromatic carbocycles. The first-order valence-corrected chi connectivity index (χ1v) is 5.44. The summed E-state index contributed by atoms with van der Waals surface area (Å²) in [6.45, 7) is 5.18. The molecule has 0 aromatic heterocycles.